The fraction of sp³-hybridized carbons (Fsp3) is 0.290. The number of nitrogens with one attached hydrogen (secondary N) is 3. The zero-order valence-electron chi connectivity index (χ0n) is 22.7. The van der Waals surface area contributed by atoms with Crippen LogP contribution >= 0.6 is 0 Å². The van der Waals surface area contributed by atoms with Crippen molar-refractivity contribution in [2.24, 2.45) is 5.92 Å². The van der Waals surface area contributed by atoms with Gasteiger partial charge in [0.05, 0.1) is 13.1 Å². The average molecular weight is 546 g/mol. The Morgan fingerprint density at radius 3 is 1.90 bits per heavy atom. The molecule has 0 saturated carbocycles. The van der Waals surface area contributed by atoms with E-state index in [0.717, 1.165) is 11.1 Å². The molecule has 40 heavy (non-hydrogen) atoms. The number of hydrogen-bond donors (Lipinski definition) is 3. The Bertz CT molecular complexity index is 1250. The molecule has 0 aliphatic rings. The zero-order valence-corrected chi connectivity index (χ0v) is 22.7. The molecule has 0 aromatic heterocycles. The molecule has 0 aliphatic heterocycles. The highest BCUT2D eigenvalue weighted by Gasteiger charge is 2.23. The van der Waals surface area contributed by atoms with E-state index in [1.54, 1.807) is 24.3 Å². The monoisotopic (exact) mass is 545 g/mol. The van der Waals surface area contributed by atoms with Gasteiger partial charge in [0.2, 0.25) is 5.91 Å². The Kier molecular flexibility index (Phi) is 11.7. The van der Waals surface area contributed by atoms with E-state index in [1.807, 2.05) is 74.5 Å². The maximum absolute atomic E-state index is 12.7. The summed E-state index contributed by atoms with van der Waals surface area (Å²) in [5, 5.41) is 7.67. The number of ketones is 1. The maximum Gasteiger partial charge on any atom is 0.408 e. The first kappa shape index (κ1) is 29.9. The molecule has 210 valence electrons. The molecule has 3 aromatic carbocycles. The van der Waals surface area contributed by atoms with Gasteiger partial charge in [0.1, 0.15) is 25.0 Å². The van der Waals surface area contributed by atoms with Crippen LogP contribution in [0.5, 0.6) is 5.75 Å². The number of benzene rings is 3. The number of rotatable bonds is 14. The topological polar surface area (TPSA) is 123 Å². The van der Waals surface area contributed by atoms with Gasteiger partial charge in [0.25, 0.3) is 5.91 Å². The molecule has 0 bridgehead atoms. The molecule has 0 fully saturated rings. The molecule has 9 heteroatoms. The van der Waals surface area contributed by atoms with Crippen molar-refractivity contribution in [1.82, 2.24) is 16.0 Å². The summed E-state index contributed by atoms with van der Waals surface area (Å²) in [7, 11) is 0. The zero-order chi connectivity index (χ0) is 28.7. The normalized spacial score (nSPS) is 11.3. The van der Waals surface area contributed by atoms with E-state index in [0.29, 0.717) is 24.3 Å². The van der Waals surface area contributed by atoms with Crippen molar-refractivity contribution in [1.29, 1.82) is 0 Å². The number of hydrogen-bond acceptors (Lipinski definition) is 6. The number of Topliss-reactive ketones (excluding diaryl/α,β-unsaturated/α-hetero) is 1. The van der Waals surface area contributed by atoms with Gasteiger partial charge in [0, 0.05) is 5.56 Å². The predicted molar refractivity (Wildman–Crippen MR) is 151 cm³/mol. The minimum Gasteiger partial charge on any atom is -0.489 e. The van der Waals surface area contributed by atoms with Gasteiger partial charge in [-0.3, -0.25) is 14.4 Å². The first-order valence-electron chi connectivity index (χ1n) is 13.1. The Labute approximate surface area is 234 Å². The summed E-state index contributed by atoms with van der Waals surface area (Å²) in [6.07, 6.45) is -0.359. The van der Waals surface area contributed by atoms with Crippen molar-refractivity contribution in [2.75, 3.05) is 13.1 Å². The molecule has 3 amide bonds. The Morgan fingerprint density at radius 1 is 0.725 bits per heavy atom. The molecule has 9 nitrogen and oxygen atoms in total. The highest BCUT2D eigenvalue weighted by Crippen LogP contribution is 2.14. The van der Waals surface area contributed by atoms with Gasteiger partial charge in [-0.15, -0.1) is 0 Å². The average Bonchev–Trinajstić information content (AvgIpc) is 2.97. The summed E-state index contributed by atoms with van der Waals surface area (Å²) < 4.78 is 10.9. The van der Waals surface area contributed by atoms with Crippen LogP contribution in [0.4, 0.5) is 4.79 Å². The lowest BCUT2D eigenvalue weighted by atomic mass is 10.0. The van der Waals surface area contributed by atoms with Crippen LogP contribution in [0.15, 0.2) is 84.9 Å². The summed E-state index contributed by atoms with van der Waals surface area (Å²) >= 11 is 0. The van der Waals surface area contributed by atoms with E-state index in [2.05, 4.69) is 16.0 Å². The van der Waals surface area contributed by atoms with Gasteiger partial charge in [-0.2, -0.15) is 0 Å². The van der Waals surface area contributed by atoms with Crippen LogP contribution < -0.4 is 20.7 Å². The second-order valence-electron chi connectivity index (χ2n) is 9.63. The molecule has 0 heterocycles. The Balaban J connectivity index is 1.40. The minimum absolute atomic E-state index is 0.0737. The smallest absolute Gasteiger partial charge is 0.408 e. The van der Waals surface area contributed by atoms with Crippen LogP contribution in [0.2, 0.25) is 0 Å². The Morgan fingerprint density at radius 2 is 1.30 bits per heavy atom. The van der Waals surface area contributed by atoms with E-state index in [9.17, 15) is 19.2 Å². The Hall–Kier alpha value is -4.66. The third-order valence-electron chi connectivity index (χ3n) is 5.80. The fourth-order valence-electron chi connectivity index (χ4n) is 3.71. The summed E-state index contributed by atoms with van der Waals surface area (Å²) in [4.78, 5) is 49.7. The lowest BCUT2D eigenvalue weighted by molar-refractivity contribution is -0.126. The van der Waals surface area contributed by atoms with Crippen LogP contribution in [-0.4, -0.2) is 42.8 Å². The second-order valence-corrected chi connectivity index (χ2v) is 9.63. The quantitative estimate of drug-likeness (QED) is 0.281. The maximum atomic E-state index is 12.7. The summed E-state index contributed by atoms with van der Waals surface area (Å²) in [5.74, 6) is -0.589. The lowest BCUT2D eigenvalue weighted by Crippen LogP contribution is -2.49. The molecule has 0 aliphatic carbocycles. The number of alkyl carbamates (subject to hydrolysis) is 1. The van der Waals surface area contributed by atoms with Crippen LogP contribution in [0.1, 0.15) is 41.8 Å². The largest absolute Gasteiger partial charge is 0.489 e. The van der Waals surface area contributed by atoms with E-state index >= 15 is 0 Å². The summed E-state index contributed by atoms with van der Waals surface area (Å²) in [5.41, 5.74) is 2.23. The number of ether oxygens (including phenoxy) is 2. The number of carbonyl (C=O) groups excluding carboxylic acids is 4. The van der Waals surface area contributed by atoms with Crippen molar-refractivity contribution in [3.63, 3.8) is 0 Å². The van der Waals surface area contributed by atoms with Crippen molar-refractivity contribution < 1.29 is 28.7 Å². The van der Waals surface area contributed by atoms with Crippen molar-refractivity contribution >= 4 is 23.7 Å². The van der Waals surface area contributed by atoms with Crippen molar-refractivity contribution in [3.8, 4) is 5.75 Å². The number of carbonyl (C=O) groups is 4. The van der Waals surface area contributed by atoms with Gasteiger partial charge >= 0.3 is 6.09 Å². The molecule has 0 radical (unpaired) electrons. The SMILES string of the molecule is CC(C)C[C@H](NC(=O)OCc1ccccc1)C(=O)NCC(=O)CNC(=O)c1ccc(OCc2ccccc2)cc1. The van der Waals surface area contributed by atoms with Gasteiger partial charge < -0.3 is 25.4 Å². The molecular weight excluding hydrogens is 510 g/mol. The van der Waals surface area contributed by atoms with Gasteiger partial charge in [0.15, 0.2) is 5.78 Å². The highest BCUT2D eigenvalue weighted by molar-refractivity contribution is 5.97. The number of amides is 3. The minimum atomic E-state index is -0.867. The van der Waals surface area contributed by atoms with Crippen LogP contribution in [-0.2, 0) is 27.5 Å². The molecule has 3 aromatic rings. The molecule has 0 spiro atoms. The van der Waals surface area contributed by atoms with Crippen LogP contribution in [0, 0.1) is 5.92 Å². The molecule has 1 atom stereocenters. The first-order valence-corrected chi connectivity index (χ1v) is 13.1. The van der Waals surface area contributed by atoms with E-state index in [-0.39, 0.29) is 31.4 Å². The third kappa shape index (κ3) is 10.6. The first-order chi connectivity index (χ1) is 19.3. The van der Waals surface area contributed by atoms with Crippen LogP contribution in [0.3, 0.4) is 0 Å². The standard InChI is InChI=1S/C31H35N3O6/c1-22(2)17-28(34-31(38)40-21-24-11-7-4-8-12-24)30(37)33-19-26(35)18-32-29(36)25-13-15-27(16-14-25)39-20-23-9-5-3-6-10-23/h3-16,22,28H,17-21H2,1-2H3,(H,32,36)(H,33,37)(H,34,38)/t28-/m0/s1. The third-order valence-corrected chi connectivity index (χ3v) is 5.80. The molecule has 0 saturated heterocycles. The van der Waals surface area contributed by atoms with E-state index < -0.39 is 23.9 Å². The van der Waals surface area contributed by atoms with E-state index in [1.165, 1.54) is 0 Å². The van der Waals surface area contributed by atoms with Crippen LogP contribution in [0.25, 0.3) is 0 Å². The molecule has 3 N–H and O–H groups in total. The molecular formula is C31H35N3O6. The van der Waals surface area contributed by atoms with E-state index in [4.69, 9.17) is 9.47 Å². The highest BCUT2D eigenvalue weighted by atomic mass is 16.5. The predicted octanol–water partition coefficient (Wildman–Crippen LogP) is 4.02. The lowest BCUT2D eigenvalue weighted by Gasteiger charge is -2.20. The van der Waals surface area contributed by atoms with Gasteiger partial charge in [-0.05, 0) is 47.7 Å². The van der Waals surface area contributed by atoms with Gasteiger partial charge in [-0.25, -0.2) is 4.79 Å². The molecule has 3 rings (SSSR count). The fourth-order valence-corrected chi connectivity index (χ4v) is 3.71. The summed E-state index contributed by atoms with van der Waals surface area (Å²) in [6, 6.07) is 24.6. The van der Waals surface area contributed by atoms with Crippen molar-refractivity contribution in [2.45, 2.75) is 39.5 Å². The van der Waals surface area contributed by atoms with Crippen molar-refractivity contribution in [3.05, 3.63) is 102 Å². The molecule has 0 unspecified atom stereocenters. The second kappa shape index (κ2) is 15.7. The summed E-state index contributed by atoms with van der Waals surface area (Å²) in [6.45, 7) is 3.77. The van der Waals surface area contributed by atoms with Gasteiger partial charge in [-0.1, -0.05) is 74.5 Å².